The standard InChI is InChI=1S/C25H34N4O2.ClH/c1-2-3-4-5-6-13-29-24(30)20-9-7-8-19-22(11-10-21(23(19)20)25(29)31)28-17-15-27(14-12-26)16-18-28;/h7-11H,2-6,12-18,26H2,1H3;1H. The van der Waals surface area contributed by atoms with Crippen molar-refractivity contribution in [3.8, 4) is 0 Å². The number of amides is 2. The summed E-state index contributed by atoms with van der Waals surface area (Å²) in [7, 11) is 0. The van der Waals surface area contributed by atoms with Gasteiger partial charge in [-0.05, 0) is 24.6 Å². The number of hydrogen-bond donors (Lipinski definition) is 1. The topological polar surface area (TPSA) is 71.5 Å². The van der Waals surface area contributed by atoms with Crippen LogP contribution in [0.1, 0.15) is 59.7 Å². The van der Waals surface area contributed by atoms with E-state index in [-0.39, 0.29) is 24.2 Å². The highest BCUT2D eigenvalue weighted by Crippen LogP contribution is 2.36. The van der Waals surface area contributed by atoms with Gasteiger partial charge in [0.25, 0.3) is 11.8 Å². The largest absolute Gasteiger partial charge is 1.00 e. The number of carbonyl (C=O) groups excluding carboxylic acids is 2. The molecular weight excluding hydrogens is 424 g/mol. The molecule has 1 saturated heterocycles. The molecule has 6 nitrogen and oxygen atoms in total. The Morgan fingerprint density at radius 2 is 1.53 bits per heavy atom. The maximum Gasteiger partial charge on any atom is 0.261 e. The van der Waals surface area contributed by atoms with Gasteiger partial charge in [-0.25, -0.2) is 0 Å². The molecule has 1 fully saturated rings. The predicted molar refractivity (Wildman–Crippen MR) is 124 cm³/mol. The Kier molecular flexibility index (Phi) is 8.51. The van der Waals surface area contributed by atoms with E-state index in [2.05, 4.69) is 34.6 Å². The van der Waals surface area contributed by atoms with E-state index in [0.29, 0.717) is 17.7 Å². The SMILES string of the molecule is CCCCCCCN1C(=O)c2cccc3c(N4CCN(CC[NH3+])CC4)ccc(c23)C1=O.[Cl-]. The summed E-state index contributed by atoms with van der Waals surface area (Å²) in [5.41, 5.74) is 6.42. The van der Waals surface area contributed by atoms with Crippen molar-refractivity contribution in [1.82, 2.24) is 9.80 Å². The van der Waals surface area contributed by atoms with Gasteiger partial charge in [0, 0.05) is 66.9 Å². The average Bonchev–Trinajstić information content (AvgIpc) is 2.79. The Bertz CT molecular complexity index is 934. The Balaban J connectivity index is 0.00000289. The van der Waals surface area contributed by atoms with Gasteiger partial charge in [-0.15, -0.1) is 0 Å². The van der Waals surface area contributed by atoms with Crippen LogP contribution in [0.5, 0.6) is 0 Å². The first-order valence-corrected chi connectivity index (χ1v) is 11.8. The predicted octanol–water partition coefficient (Wildman–Crippen LogP) is -0.226. The zero-order valence-electron chi connectivity index (χ0n) is 19.1. The molecule has 2 aromatic rings. The van der Waals surface area contributed by atoms with E-state index in [1.54, 1.807) is 0 Å². The third kappa shape index (κ3) is 4.77. The summed E-state index contributed by atoms with van der Waals surface area (Å²) < 4.78 is 0. The van der Waals surface area contributed by atoms with E-state index in [1.807, 2.05) is 18.2 Å². The van der Waals surface area contributed by atoms with Gasteiger partial charge < -0.3 is 23.0 Å². The fraction of sp³-hybridized carbons (Fsp3) is 0.520. The molecule has 0 radical (unpaired) electrons. The molecule has 174 valence electrons. The number of anilines is 1. The van der Waals surface area contributed by atoms with Crippen LogP contribution in [0.4, 0.5) is 5.69 Å². The lowest BCUT2D eigenvalue weighted by molar-refractivity contribution is -0.368. The first-order chi connectivity index (χ1) is 15.2. The van der Waals surface area contributed by atoms with Crippen LogP contribution in [-0.4, -0.2) is 67.4 Å². The van der Waals surface area contributed by atoms with E-state index < -0.39 is 0 Å². The number of nitrogens with zero attached hydrogens (tertiary/aromatic N) is 3. The van der Waals surface area contributed by atoms with Gasteiger partial charge in [0.05, 0.1) is 6.54 Å². The van der Waals surface area contributed by atoms with Crippen molar-refractivity contribution in [1.29, 1.82) is 0 Å². The summed E-state index contributed by atoms with van der Waals surface area (Å²) in [6, 6.07) is 9.90. The number of rotatable bonds is 9. The molecule has 2 heterocycles. The zero-order valence-corrected chi connectivity index (χ0v) is 19.9. The molecular formula is C25H35ClN4O2. The second kappa shape index (κ2) is 11.1. The number of hydrogen-bond acceptors (Lipinski definition) is 4. The van der Waals surface area contributed by atoms with Crippen molar-refractivity contribution in [2.24, 2.45) is 0 Å². The maximum atomic E-state index is 13.2. The first-order valence-electron chi connectivity index (χ1n) is 11.8. The quantitative estimate of drug-likeness (QED) is 0.416. The summed E-state index contributed by atoms with van der Waals surface area (Å²) in [6.07, 6.45) is 5.48. The smallest absolute Gasteiger partial charge is 0.261 e. The first kappa shape index (κ1) is 24.5. The van der Waals surface area contributed by atoms with Crippen molar-refractivity contribution in [3.63, 3.8) is 0 Å². The minimum Gasteiger partial charge on any atom is -1.00 e. The second-order valence-corrected chi connectivity index (χ2v) is 8.72. The minimum atomic E-state index is -0.143. The Labute approximate surface area is 197 Å². The zero-order chi connectivity index (χ0) is 21.8. The number of benzene rings is 2. The number of quaternary nitrogens is 1. The van der Waals surface area contributed by atoms with E-state index in [0.717, 1.165) is 75.0 Å². The van der Waals surface area contributed by atoms with E-state index in [9.17, 15) is 9.59 Å². The van der Waals surface area contributed by atoms with Gasteiger partial charge in [0.2, 0.25) is 0 Å². The molecule has 0 aliphatic carbocycles. The normalized spacial score (nSPS) is 16.6. The van der Waals surface area contributed by atoms with Crippen LogP contribution in [-0.2, 0) is 0 Å². The van der Waals surface area contributed by atoms with Gasteiger partial charge in [0.1, 0.15) is 0 Å². The molecule has 0 saturated carbocycles. The monoisotopic (exact) mass is 458 g/mol. The summed E-state index contributed by atoms with van der Waals surface area (Å²) in [6.45, 7) is 8.59. The molecule has 2 aliphatic rings. The van der Waals surface area contributed by atoms with Crippen molar-refractivity contribution in [2.45, 2.75) is 39.0 Å². The van der Waals surface area contributed by atoms with Crippen LogP contribution in [0.2, 0.25) is 0 Å². The van der Waals surface area contributed by atoms with E-state index >= 15 is 0 Å². The Hall–Kier alpha value is -2.15. The molecule has 7 heteroatoms. The molecule has 2 amide bonds. The molecule has 2 aromatic carbocycles. The number of halogens is 1. The highest BCUT2D eigenvalue weighted by atomic mass is 35.5. The fourth-order valence-corrected chi connectivity index (χ4v) is 4.92. The number of carbonyl (C=O) groups is 2. The van der Waals surface area contributed by atoms with Crippen LogP contribution in [0.3, 0.4) is 0 Å². The second-order valence-electron chi connectivity index (χ2n) is 8.72. The molecule has 2 aliphatic heterocycles. The fourth-order valence-electron chi connectivity index (χ4n) is 4.92. The summed E-state index contributed by atoms with van der Waals surface area (Å²) in [4.78, 5) is 32.7. The molecule has 0 bridgehead atoms. The molecule has 0 aromatic heterocycles. The van der Waals surface area contributed by atoms with Crippen molar-refractivity contribution < 1.29 is 27.7 Å². The van der Waals surface area contributed by atoms with E-state index in [1.165, 1.54) is 17.7 Å². The van der Waals surface area contributed by atoms with Crippen molar-refractivity contribution >= 4 is 28.3 Å². The highest BCUT2D eigenvalue weighted by molar-refractivity contribution is 6.26. The third-order valence-corrected chi connectivity index (χ3v) is 6.64. The minimum absolute atomic E-state index is 0. The molecule has 0 atom stereocenters. The Morgan fingerprint density at radius 3 is 2.22 bits per heavy atom. The molecule has 0 unspecified atom stereocenters. The van der Waals surface area contributed by atoms with Crippen molar-refractivity contribution in [2.75, 3.05) is 50.7 Å². The van der Waals surface area contributed by atoms with Gasteiger partial charge in [-0.2, -0.15) is 0 Å². The molecule has 0 spiro atoms. The third-order valence-electron chi connectivity index (χ3n) is 6.64. The molecule has 4 rings (SSSR count). The number of unbranched alkanes of at least 4 members (excludes halogenated alkanes) is 4. The van der Waals surface area contributed by atoms with Gasteiger partial charge in [-0.1, -0.05) is 44.7 Å². The lowest BCUT2D eigenvalue weighted by atomic mass is 9.92. The molecule has 3 N–H and O–H groups in total. The summed E-state index contributed by atoms with van der Waals surface area (Å²) >= 11 is 0. The lowest BCUT2D eigenvalue weighted by Crippen LogP contribution is -3.00. The average molecular weight is 459 g/mol. The van der Waals surface area contributed by atoms with Crippen LogP contribution < -0.4 is 23.0 Å². The van der Waals surface area contributed by atoms with Crippen LogP contribution >= 0.6 is 0 Å². The summed E-state index contributed by atoms with van der Waals surface area (Å²) in [5, 5.41) is 1.85. The summed E-state index contributed by atoms with van der Waals surface area (Å²) in [5.74, 6) is -0.285. The van der Waals surface area contributed by atoms with Crippen LogP contribution in [0, 0.1) is 0 Å². The van der Waals surface area contributed by atoms with Gasteiger partial charge in [0.15, 0.2) is 0 Å². The number of piperazine rings is 1. The van der Waals surface area contributed by atoms with Crippen LogP contribution in [0.15, 0.2) is 30.3 Å². The van der Waals surface area contributed by atoms with Crippen molar-refractivity contribution in [3.05, 3.63) is 41.5 Å². The Morgan fingerprint density at radius 1 is 0.844 bits per heavy atom. The van der Waals surface area contributed by atoms with Gasteiger partial charge >= 0.3 is 0 Å². The molecule has 32 heavy (non-hydrogen) atoms. The number of imide groups is 1. The van der Waals surface area contributed by atoms with Gasteiger partial charge in [-0.3, -0.25) is 19.4 Å². The lowest BCUT2D eigenvalue weighted by Gasteiger charge is -2.37. The van der Waals surface area contributed by atoms with Crippen LogP contribution in [0.25, 0.3) is 10.8 Å². The van der Waals surface area contributed by atoms with E-state index in [4.69, 9.17) is 0 Å². The highest BCUT2D eigenvalue weighted by Gasteiger charge is 2.33. The maximum absolute atomic E-state index is 13.2.